The molecule has 0 spiro atoms. The highest BCUT2D eigenvalue weighted by atomic mass is 35.5. The van der Waals surface area contributed by atoms with Gasteiger partial charge in [-0.05, 0) is 32.0 Å². The third kappa shape index (κ3) is 2.84. The lowest BCUT2D eigenvalue weighted by Crippen LogP contribution is -2.20. The number of benzene rings is 1. The number of anilines is 2. The van der Waals surface area contributed by atoms with Gasteiger partial charge in [0.2, 0.25) is 4.96 Å². The third-order valence-electron chi connectivity index (χ3n) is 2.96. The molecule has 3 rings (SSSR count). The molecule has 0 aliphatic heterocycles. The number of halogens is 1. The van der Waals surface area contributed by atoms with Crippen molar-refractivity contribution in [3.05, 3.63) is 39.9 Å². The molecular formula is C13H12ClN5OS. The van der Waals surface area contributed by atoms with Gasteiger partial charge in [-0.2, -0.15) is 4.98 Å². The fraction of sp³-hybridized carbons (Fsp3) is 0.154. The Morgan fingerprint density at radius 3 is 2.86 bits per heavy atom. The Labute approximate surface area is 129 Å². The van der Waals surface area contributed by atoms with E-state index < -0.39 is 6.03 Å². The number of nitrogens with one attached hydrogen (secondary N) is 2. The molecule has 3 aromatic rings. The van der Waals surface area contributed by atoms with Crippen molar-refractivity contribution in [1.29, 1.82) is 0 Å². The number of urea groups is 1. The second kappa shape index (κ2) is 5.34. The van der Waals surface area contributed by atoms with Gasteiger partial charge in [-0.25, -0.2) is 9.31 Å². The van der Waals surface area contributed by atoms with E-state index in [9.17, 15) is 4.79 Å². The van der Waals surface area contributed by atoms with Crippen molar-refractivity contribution in [2.24, 2.45) is 0 Å². The van der Waals surface area contributed by atoms with E-state index in [1.165, 1.54) is 11.3 Å². The van der Waals surface area contributed by atoms with Crippen LogP contribution in [0.3, 0.4) is 0 Å². The Kier molecular flexibility index (Phi) is 3.52. The van der Waals surface area contributed by atoms with Gasteiger partial charge in [0.25, 0.3) is 5.95 Å². The summed E-state index contributed by atoms with van der Waals surface area (Å²) >= 11 is 7.39. The van der Waals surface area contributed by atoms with Crippen LogP contribution in [0.2, 0.25) is 5.02 Å². The zero-order valence-electron chi connectivity index (χ0n) is 11.3. The highest BCUT2D eigenvalue weighted by Crippen LogP contribution is 2.21. The second-order valence-electron chi connectivity index (χ2n) is 4.46. The van der Waals surface area contributed by atoms with Gasteiger partial charge < -0.3 is 5.32 Å². The highest BCUT2D eigenvalue weighted by molar-refractivity contribution is 7.17. The zero-order chi connectivity index (χ0) is 15.0. The fourth-order valence-corrected chi connectivity index (χ4v) is 2.92. The molecule has 0 bridgehead atoms. The summed E-state index contributed by atoms with van der Waals surface area (Å²) in [6.07, 6.45) is 0. The molecule has 6 nitrogen and oxygen atoms in total. The Bertz CT molecular complexity index is 825. The lowest BCUT2D eigenvalue weighted by atomic mass is 10.3. The topological polar surface area (TPSA) is 71.3 Å². The monoisotopic (exact) mass is 321 g/mol. The number of thiazole rings is 1. The summed E-state index contributed by atoms with van der Waals surface area (Å²) in [5, 5.41) is 10.1. The number of carbonyl (C=O) groups is 1. The Hall–Kier alpha value is -2.12. The van der Waals surface area contributed by atoms with Crippen molar-refractivity contribution in [3.8, 4) is 0 Å². The number of aromatic nitrogens is 3. The molecule has 1 aromatic carbocycles. The van der Waals surface area contributed by atoms with Gasteiger partial charge in [0, 0.05) is 15.6 Å². The van der Waals surface area contributed by atoms with E-state index in [0.29, 0.717) is 10.7 Å². The summed E-state index contributed by atoms with van der Waals surface area (Å²) in [5.74, 6) is 0.267. The van der Waals surface area contributed by atoms with Crippen LogP contribution in [0.1, 0.15) is 10.6 Å². The lowest BCUT2D eigenvalue weighted by molar-refractivity contribution is 0.262. The molecule has 0 saturated heterocycles. The van der Waals surface area contributed by atoms with Crippen LogP contribution < -0.4 is 10.6 Å². The molecule has 0 fully saturated rings. The quantitative estimate of drug-likeness (QED) is 0.756. The Morgan fingerprint density at radius 2 is 2.14 bits per heavy atom. The minimum Gasteiger partial charge on any atom is -0.308 e. The predicted octanol–water partition coefficient (Wildman–Crippen LogP) is 3.71. The summed E-state index contributed by atoms with van der Waals surface area (Å²) in [4.78, 5) is 18.1. The van der Waals surface area contributed by atoms with Gasteiger partial charge >= 0.3 is 6.03 Å². The number of aryl methyl sites for hydroxylation is 2. The molecule has 108 valence electrons. The first kappa shape index (κ1) is 13.8. The van der Waals surface area contributed by atoms with Crippen molar-refractivity contribution in [2.75, 3.05) is 10.6 Å². The largest absolute Gasteiger partial charge is 0.326 e. The Balaban J connectivity index is 1.74. The maximum atomic E-state index is 11.9. The van der Waals surface area contributed by atoms with E-state index in [2.05, 4.69) is 20.7 Å². The maximum absolute atomic E-state index is 11.9. The predicted molar refractivity (Wildman–Crippen MR) is 84.4 cm³/mol. The van der Waals surface area contributed by atoms with E-state index in [-0.39, 0.29) is 5.95 Å². The number of hydrogen-bond donors (Lipinski definition) is 2. The molecule has 2 N–H and O–H groups in total. The van der Waals surface area contributed by atoms with E-state index in [0.717, 1.165) is 15.5 Å². The summed E-state index contributed by atoms with van der Waals surface area (Å²) in [6, 6.07) is 6.49. The molecule has 0 aliphatic rings. The van der Waals surface area contributed by atoms with Crippen molar-refractivity contribution >= 4 is 45.6 Å². The number of hydrogen-bond acceptors (Lipinski definition) is 4. The fourth-order valence-electron chi connectivity index (χ4n) is 1.83. The molecule has 21 heavy (non-hydrogen) atoms. The first-order valence-corrected chi connectivity index (χ1v) is 7.39. The smallest absolute Gasteiger partial charge is 0.308 e. The van der Waals surface area contributed by atoms with Crippen LogP contribution >= 0.6 is 22.9 Å². The van der Waals surface area contributed by atoms with Gasteiger partial charge in [0.15, 0.2) is 0 Å². The van der Waals surface area contributed by atoms with Crippen LogP contribution in [-0.4, -0.2) is 20.6 Å². The maximum Gasteiger partial charge on any atom is 0.326 e. The molecule has 0 aliphatic carbocycles. The molecule has 0 unspecified atom stereocenters. The summed E-state index contributed by atoms with van der Waals surface area (Å²) in [5.41, 5.74) is 1.62. The van der Waals surface area contributed by atoms with Crippen molar-refractivity contribution in [2.45, 2.75) is 13.8 Å². The van der Waals surface area contributed by atoms with Crippen LogP contribution in [0.4, 0.5) is 16.4 Å². The minimum atomic E-state index is -0.412. The molecule has 0 radical (unpaired) electrons. The molecule has 2 aromatic heterocycles. The van der Waals surface area contributed by atoms with Crippen LogP contribution in [-0.2, 0) is 0 Å². The number of carbonyl (C=O) groups excluding carboxylic acids is 1. The molecule has 0 atom stereocenters. The number of fused-ring (bicyclic) bond motifs is 1. The summed E-state index contributed by atoms with van der Waals surface area (Å²) < 4.78 is 1.72. The van der Waals surface area contributed by atoms with Crippen LogP contribution in [0.15, 0.2) is 24.3 Å². The summed E-state index contributed by atoms with van der Waals surface area (Å²) in [6.45, 7) is 3.97. The van der Waals surface area contributed by atoms with Gasteiger partial charge in [-0.1, -0.05) is 29.0 Å². The number of amides is 2. The third-order valence-corrected chi connectivity index (χ3v) is 4.24. The molecule has 0 saturated carbocycles. The van der Waals surface area contributed by atoms with Crippen LogP contribution in [0.25, 0.3) is 4.96 Å². The standard InChI is InChI=1S/C13H12ClN5OS/c1-7-8(2)21-13-17-11(18-19(7)13)16-12(20)15-10-5-3-4-9(14)6-10/h3-6H,1-2H3,(H2,15,16,18,20). The number of nitrogens with zero attached hydrogens (tertiary/aromatic N) is 3. The zero-order valence-corrected chi connectivity index (χ0v) is 12.9. The first-order chi connectivity index (χ1) is 10.0. The average Bonchev–Trinajstić information content (AvgIpc) is 2.90. The van der Waals surface area contributed by atoms with Crippen molar-refractivity contribution < 1.29 is 4.79 Å². The van der Waals surface area contributed by atoms with E-state index in [4.69, 9.17) is 11.6 Å². The van der Waals surface area contributed by atoms with Gasteiger partial charge in [-0.3, -0.25) is 5.32 Å². The van der Waals surface area contributed by atoms with E-state index >= 15 is 0 Å². The van der Waals surface area contributed by atoms with E-state index in [1.54, 1.807) is 28.8 Å². The molecule has 8 heteroatoms. The molecule has 2 heterocycles. The van der Waals surface area contributed by atoms with Gasteiger partial charge in [0.1, 0.15) is 0 Å². The van der Waals surface area contributed by atoms with E-state index in [1.807, 2.05) is 13.8 Å². The second-order valence-corrected chi connectivity index (χ2v) is 6.08. The van der Waals surface area contributed by atoms with Crippen molar-refractivity contribution in [1.82, 2.24) is 14.6 Å². The molecular weight excluding hydrogens is 310 g/mol. The molecule has 2 amide bonds. The normalized spacial score (nSPS) is 10.8. The lowest BCUT2D eigenvalue weighted by Gasteiger charge is -2.04. The highest BCUT2D eigenvalue weighted by Gasteiger charge is 2.12. The number of rotatable bonds is 2. The Morgan fingerprint density at radius 1 is 1.33 bits per heavy atom. The van der Waals surface area contributed by atoms with Crippen LogP contribution in [0.5, 0.6) is 0 Å². The average molecular weight is 322 g/mol. The van der Waals surface area contributed by atoms with Gasteiger partial charge in [0.05, 0.1) is 5.69 Å². The summed E-state index contributed by atoms with van der Waals surface area (Å²) in [7, 11) is 0. The van der Waals surface area contributed by atoms with Gasteiger partial charge in [-0.15, -0.1) is 5.10 Å². The SMILES string of the molecule is Cc1sc2nc(NC(=O)Nc3cccc(Cl)c3)nn2c1C. The van der Waals surface area contributed by atoms with Crippen LogP contribution in [0, 0.1) is 13.8 Å². The van der Waals surface area contributed by atoms with Crippen molar-refractivity contribution in [3.63, 3.8) is 0 Å². The first-order valence-electron chi connectivity index (χ1n) is 6.19. The minimum absolute atomic E-state index is 0.267.